The molecule has 1 saturated heterocycles. The van der Waals surface area contributed by atoms with Gasteiger partial charge in [-0.1, -0.05) is 15.9 Å². The van der Waals surface area contributed by atoms with Crippen LogP contribution < -0.4 is 5.43 Å². The number of rotatable bonds is 5. The van der Waals surface area contributed by atoms with Gasteiger partial charge in [0.15, 0.2) is 0 Å². The lowest BCUT2D eigenvalue weighted by Crippen LogP contribution is -2.44. The molecular formula is C18H19BrN4O3. The molecular weight excluding hydrogens is 400 g/mol. The molecule has 7 nitrogen and oxygen atoms in total. The Labute approximate surface area is 159 Å². The molecule has 1 aliphatic rings. The first-order valence-electron chi connectivity index (χ1n) is 8.18. The summed E-state index contributed by atoms with van der Waals surface area (Å²) in [7, 11) is 0. The Bertz CT molecular complexity index is 779. The van der Waals surface area contributed by atoms with Gasteiger partial charge in [0.2, 0.25) is 0 Å². The lowest BCUT2D eigenvalue weighted by atomic mass is 10.1. The number of morpholine rings is 1. The van der Waals surface area contributed by atoms with Crippen molar-refractivity contribution in [1.82, 2.24) is 15.3 Å². The van der Waals surface area contributed by atoms with E-state index >= 15 is 0 Å². The molecule has 0 spiro atoms. The maximum absolute atomic E-state index is 12.8. The van der Waals surface area contributed by atoms with Gasteiger partial charge in [0.05, 0.1) is 19.4 Å². The average molecular weight is 419 g/mol. The van der Waals surface area contributed by atoms with Gasteiger partial charge in [-0.3, -0.25) is 14.7 Å². The lowest BCUT2D eigenvalue weighted by Gasteiger charge is -2.33. The number of carbonyl (C=O) groups is 1. The Morgan fingerprint density at radius 2 is 2.04 bits per heavy atom. The SMILES string of the molecule is O=C(N/N=C/c1cc(Br)ccc1O)[C@@H](c1ccncc1)N1CCOCC1. The molecule has 0 aliphatic carbocycles. The standard InChI is InChI=1S/C18H19BrN4O3/c19-15-1-2-16(24)14(11-15)12-21-22-18(25)17(13-3-5-20-6-4-13)23-7-9-26-10-8-23/h1-6,11-12,17,24H,7-10H2,(H,22,25)/b21-12+/t17-/m1/s1. The van der Waals surface area contributed by atoms with Gasteiger partial charge in [-0.15, -0.1) is 0 Å². The minimum atomic E-state index is -0.477. The molecule has 1 aliphatic heterocycles. The smallest absolute Gasteiger partial charge is 0.262 e. The van der Waals surface area contributed by atoms with Crippen LogP contribution in [0.3, 0.4) is 0 Å². The fourth-order valence-electron chi connectivity index (χ4n) is 2.76. The van der Waals surface area contributed by atoms with E-state index in [1.807, 2.05) is 12.1 Å². The highest BCUT2D eigenvalue weighted by Gasteiger charge is 2.28. The van der Waals surface area contributed by atoms with Crippen molar-refractivity contribution >= 4 is 28.1 Å². The molecule has 1 amide bonds. The molecule has 2 aromatic rings. The maximum Gasteiger partial charge on any atom is 0.262 e. The zero-order chi connectivity index (χ0) is 18.4. The van der Waals surface area contributed by atoms with Gasteiger partial charge in [0.1, 0.15) is 11.8 Å². The number of pyridine rings is 1. The second-order valence-corrected chi connectivity index (χ2v) is 6.68. The van der Waals surface area contributed by atoms with Crippen molar-refractivity contribution in [3.8, 4) is 5.75 Å². The molecule has 8 heteroatoms. The average Bonchev–Trinajstić information content (AvgIpc) is 2.66. The Kier molecular flexibility index (Phi) is 6.32. The highest BCUT2D eigenvalue weighted by molar-refractivity contribution is 9.10. The predicted octanol–water partition coefficient (Wildman–Crippen LogP) is 2.07. The van der Waals surface area contributed by atoms with Crippen LogP contribution in [-0.4, -0.2) is 53.4 Å². The van der Waals surface area contributed by atoms with Crippen LogP contribution in [0.4, 0.5) is 0 Å². The van der Waals surface area contributed by atoms with Crippen molar-refractivity contribution in [2.24, 2.45) is 5.10 Å². The summed E-state index contributed by atoms with van der Waals surface area (Å²) >= 11 is 3.34. The van der Waals surface area contributed by atoms with Crippen molar-refractivity contribution in [3.05, 3.63) is 58.3 Å². The molecule has 3 rings (SSSR count). The van der Waals surface area contributed by atoms with Crippen LogP contribution in [0.15, 0.2) is 52.3 Å². The largest absolute Gasteiger partial charge is 0.507 e. The molecule has 26 heavy (non-hydrogen) atoms. The highest BCUT2D eigenvalue weighted by Crippen LogP contribution is 2.22. The maximum atomic E-state index is 12.8. The van der Waals surface area contributed by atoms with Gasteiger partial charge in [-0.05, 0) is 35.9 Å². The molecule has 1 aromatic carbocycles. The van der Waals surface area contributed by atoms with Crippen LogP contribution in [0, 0.1) is 0 Å². The minimum absolute atomic E-state index is 0.0880. The fraction of sp³-hybridized carbons (Fsp3) is 0.278. The summed E-state index contributed by atoms with van der Waals surface area (Å²) in [6, 6.07) is 8.17. The summed E-state index contributed by atoms with van der Waals surface area (Å²) in [6.07, 6.45) is 4.75. The predicted molar refractivity (Wildman–Crippen MR) is 101 cm³/mol. The van der Waals surface area contributed by atoms with E-state index in [1.165, 1.54) is 6.21 Å². The zero-order valence-corrected chi connectivity index (χ0v) is 15.6. The summed E-state index contributed by atoms with van der Waals surface area (Å²) in [5.41, 5.74) is 3.93. The number of aromatic nitrogens is 1. The van der Waals surface area contributed by atoms with Crippen molar-refractivity contribution in [3.63, 3.8) is 0 Å². The first-order chi connectivity index (χ1) is 12.6. The quantitative estimate of drug-likeness (QED) is 0.573. The van der Waals surface area contributed by atoms with Crippen LogP contribution in [-0.2, 0) is 9.53 Å². The van der Waals surface area contributed by atoms with Crippen LogP contribution in [0.25, 0.3) is 0 Å². The fourth-order valence-corrected chi connectivity index (χ4v) is 3.14. The van der Waals surface area contributed by atoms with Crippen molar-refractivity contribution in [2.45, 2.75) is 6.04 Å². The van der Waals surface area contributed by atoms with Gasteiger partial charge >= 0.3 is 0 Å². The monoisotopic (exact) mass is 418 g/mol. The molecule has 0 radical (unpaired) electrons. The van der Waals surface area contributed by atoms with E-state index < -0.39 is 6.04 Å². The third kappa shape index (κ3) is 4.66. The highest BCUT2D eigenvalue weighted by atomic mass is 79.9. The van der Waals surface area contributed by atoms with Gasteiger partial charge in [0.25, 0.3) is 5.91 Å². The van der Waals surface area contributed by atoms with E-state index in [4.69, 9.17) is 4.74 Å². The third-order valence-electron chi connectivity index (χ3n) is 4.05. The second kappa shape index (κ2) is 8.88. The number of amides is 1. The molecule has 136 valence electrons. The number of hydrogen-bond acceptors (Lipinski definition) is 6. The number of hydrazone groups is 1. The molecule has 1 atom stereocenters. The molecule has 0 saturated carbocycles. The van der Waals surface area contributed by atoms with Crippen molar-refractivity contribution in [2.75, 3.05) is 26.3 Å². The Balaban J connectivity index is 1.75. The zero-order valence-electron chi connectivity index (χ0n) is 14.0. The number of benzene rings is 1. The number of ether oxygens (including phenoxy) is 1. The molecule has 1 fully saturated rings. The van der Waals surface area contributed by atoms with Crippen LogP contribution in [0.1, 0.15) is 17.2 Å². The normalized spacial score (nSPS) is 16.5. The minimum Gasteiger partial charge on any atom is -0.507 e. The summed E-state index contributed by atoms with van der Waals surface area (Å²) < 4.78 is 6.19. The summed E-state index contributed by atoms with van der Waals surface area (Å²) in [6.45, 7) is 2.50. The second-order valence-electron chi connectivity index (χ2n) is 5.77. The third-order valence-corrected chi connectivity index (χ3v) is 4.54. The summed E-state index contributed by atoms with van der Waals surface area (Å²) in [5, 5.41) is 13.8. The van der Waals surface area contributed by atoms with E-state index in [1.54, 1.807) is 30.6 Å². The van der Waals surface area contributed by atoms with E-state index in [2.05, 4.69) is 36.3 Å². The first-order valence-corrected chi connectivity index (χ1v) is 8.97. The number of halogens is 1. The van der Waals surface area contributed by atoms with Crippen LogP contribution in [0.5, 0.6) is 5.75 Å². The van der Waals surface area contributed by atoms with Crippen LogP contribution in [0.2, 0.25) is 0 Å². The lowest BCUT2D eigenvalue weighted by molar-refractivity contribution is -0.128. The number of carbonyl (C=O) groups excluding carboxylic acids is 1. The van der Waals surface area contributed by atoms with Crippen LogP contribution >= 0.6 is 15.9 Å². The van der Waals surface area contributed by atoms with Crippen molar-refractivity contribution in [1.29, 1.82) is 0 Å². The number of nitrogens with zero attached hydrogens (tertiary/aromatic N) is 3. The number of nitrogens with one attached hydrogen (secondary N) is 1. The van der Waals surface area contributed by atoms with E-state index in [9.17, 15) is 9.90 Å². The molecule has 0 bridgehead atoms. The Hall–Kier alpha value is -2.29. The first kappa shape index (κ1) is 18.5. The van der Waals surface area contributed by atoms with Gasteiger partial charge in [-0.25, -0.2) is 5.43 Å². The van der Waals surface area contributed by atoms with Gasteiger partial charge < -0.3 is 9.84 Å². The number of phenolic OH excluding ortho intramolecular Hbond substituents is 1. The number of phenols is 1. The number of hydrogen-bond donors (Lipinski definition) is 2. The summed E-state index contributed by atoms with van der Waals surface area (Å²) in [5.74, 6) is -0.158. The molecule has 2 N–H and O–H groups in total. The summed E-state index contributed by atoms with van der Waals surface area (Å²) in [4.78, 5) is 18.9. The van der Waals surface area contributed by atoms with E-state index in [0.717, 1.165) is 10.0 Å². The van der Waals surface area contributed by atoms with Gasteiger partial charge in [0, 0.05) is 35.5 Å². The Morgan fingerprint density at radius 1 is 1.31 bits per heavy atom. The molecule has 1 aromatic heterocycles. The van der Waals surface area contributed by atoms with Gasteiger partial charge in [-0.2, -0.15) is 5.10 Å². The topological polar surface area (TPSA) is 87.0 Å². The van der Waals surface area contributed by atoms with E-state index in [-0.39, 0.29) is 11.7 Å². The van der Waals surface area contributed by atoms with E-state index in [0.29, 0.717) is 31.9 Å². The molecule has 2 heterocycles. The van der Waals surface area contributed by atoms with Crippen molar-refractivity contribution < 1.29 is 14.6 Å². The Morgan fingerprint density at radius 3 is 2.77 bits per heavy atom. The molecule has 0 unspecified atom stereocenters. The number of aromatic hydroxyl groups is 1.